The number of benzene rings is 1. The maximum absolute atomic E-state index is 13.0. The quantitative estimate of drug-likeness (QED) is 0.588. The molecule has 1 atom stereocenters. The van der Waals surface area contributed by atoms with E-state index in [-0.39, 0.29) is 17.9 Å². The van der Waals surface area contributed by atoms with Gasteiger partial charge < -0.3 is 14.6 Å². The molecule has 2 aliphatic heterocycles. The number of likely N-dealkylation sites (tertiary alicyclic amines) is 1. The molecule has 2 aliphatic rings. The Morgan fingerprint density at radius 3 is 2.62 bits per heavy atom. The van der Waals surface area contributed by atoms with Crippen molar-refractivity contribution in [3.8, 4) is 0 Å². The number of piperidine rings is 2. The van der Waals surface area contributed by atoms with Gasteiger partial charge in [0.2, 0.25) is 5.91 Å². The van der Waals surface area contributed by atoms with Crippen molar-refractivity contribution in [1.82, 2.24) is 15.2 Å². The smallest absolute Gasteiger partial charge is 0.298 e. The molecule has 0 aliphatic carbocycles. The van der Waals surface area contributed by atoms with Crippen LogP contribution in [0.4, 0.5) is 6.01 Å². The van der Waals surface area contributed by atoms with Crippen molar-refractivity contribution in [2.45, 2.75) is 38.6 Å². The van der Waals surface area contributed by atoms with Gasteiger partial charge >= 0.3 is 0 Å². The highest BCUT2D eigenvalue weighted by Crippen LogP contribution is 2.30. The summed E-state index contributed by atoms with van der Waals surface area (Å²) in [4.78, 5) is 23.7. The van der Waals surface area contributed by atoms with E-state index >= 15 is 0 Å². The second-order valence-corrected chi connectivity index (χ2v) is 10.2. The van der Waals surface area contributed by atoms with Crippen LogP contribution in [0.1, 0.15) is 43.5 Å². The zero-order valence-electron chi connectivity index (χ0n) is 18.7. The fraction of sp³-hybridized carbons (Fsp3) is 0.520. The number of carbonyl (C=O) groups excluding carboxylic acids is 1. The number of rotatable bonds is 6. The number of aromatic nitrogens is 1. The van der Waals surface area contributed by atoms with Crippen LogP contribution in [0.5, 0.6) is 0 Å². The van der Waals surface area contributed by atoms with Crippen molar-refractivity contribution in [3.05, 3.63) is 46.7 Å². The molecule has 0 bridgehead atoms. The first-order valence-corrected chi connectivity index (χ1v) is 12.7. The Morgan fingerprint density at radius 1 is 1.12 bits per heavy atom. The van der Waals surface area contributed by atoms with E-state index in [1.807, 2.05) is 24.3 Å². The number of carbonyl (C=O) groups is 1. The van der Waals surface area contributed by atoms with E-state index < -0.39 is 0 Å². The van der Waals surface area contributed by atoms with Gasteiger partial charge in [0.1, 0.15) is 5.52 Å². The van der Waals surface area contributed by atoms with Gasteiger partial charge in [0, 0.05) is 30.4 Å². The van der Waals surface area contributed by atoms with Crippen LogP contribution in [0, 0.1) is 11.8 Å². The van der Waals surface area contributed by atoms with E-state index in [9.17, 15) is 4.79 Å². The molecule has 0 saturated carbocycles. The molecular weight excluding hydrogens is 420 g/mol. The summed E-state index contributed by atoms with van der Waals surface area (Å²) < 4.78 is 5.91. The highest BCUT2D eigenvalue weighted by molar-refractivity contribution is 7.10. The monoisotopic (exact) mass is 452 g/mol. The Kier molecular flexibility index (Phi) is 6.46. The van der Waals surface area contributed by atoms with Gasteiger partial charge in [-0.3, -0.25) is 9.69 Å². The standard InChI is InChI=1S/C25H32N4O2S/c1-18-8-12-28(13-9-18)21(23-7-4-16-32-23)17-26-24(30)19-10-14-29(15-11-19)25-27-20-5-2-3-6-22(20)31-25/h2-7,16,18-19,21H,8-15,17H2,1H3,(H,26,30). The minimum absolute atomic E-state index is 0.0565. The van der Waals surface area contributed by atoms with Gasteiger partial charge in [-0.2, -0.15) is 4.98 Å². The zero-order valence-corrected chi connectivity index (χ0v) is 19.5. The van der Waals surface area contributed by atoms with Crippen molar-refractivity contribution >= 4 is 34.4 Å². The number of nitrogens with zero attached hydrogens (tertiary/aromatic N) is 3. The van der Waals surface area contributed by atoms with Gasteiger partial charge in [-0.05, 0) is 68.3 Å². The van der Waals surface area contributed by atoms with Crippen molar-refractivity contribution < 1.29 is 9.21 Å². The maximum atomic E-state index is 13.0. The molecule has 3 aromatic rings. The third kappa shape index (κ3) is 4.69. The number of amides is 1. The molecule has 0 radical (unpaired) electrons. The summed E-state index contributed by atoms with van der Waals surface area (Å²) in [6.45, 7) is 6.85. The number of oxazole rings is 1. The molecule has 5 rings (SSSR count). The first-order valence-electron chi connectivity index (χ1n) is 11.8. The van der Waals surface area contributed by atoms with E-state index in [2.05, 4.69) is 44.5 Å². The molecule has 170 valence electrons. The van der Waals surface area contributed by atoms with Gasteiger partial charge in [0.25, 0.3) is 6.01 Å². The van der Waals surface area contributed by atoms with Crippen molar-refractivity contribution in [2.24, 2.45) is 11.8 Å². The molecule has 7 heteroatoms. The minimum Gasteiger partial charge on any atom is -0.423 e. The molecule has 2 aromatic heterocycles. The molecule has 2 saturated heterocycles. The van der Waals surface area contributed by atoms with Crippen molar-refractivity contribution in [3.63, 3.8) is 0 Å². The molecule has 1 N–H and O–H groups in total. The summed E-state index contributed by atoms with van der Waals surface area (Å²) >= 11 is 1.80. The average Bonchev–Trinajstić information content (AvgIpc) is 3.50. The minimum atomic E-state index is 0.0565. The summed E-state index contributed by atoms with van der Waals surface area (Å²) in [6.07, 6.45) is 4.14. The van der Waals surface area contributed by atoms with Crippen LogP contribution in [-0.4, -0.2) is 48.5 Å². The lowest BCUT2D eigenvalue weighted by Gasteiger charge is -2.37. The number of nitrogens with one attached hydrogen (secondary N) is 1. The SMILES string of the molecule is CC1CCN(C(CNC(=O)C2CCN(c3nc4ccccc4o3)CC2)c2cccs2)CC1. The molecule has 4 heterocycles. The number of fused-ring (bicyclic) bond motifs is 1. The van der Waals surface area contributed by atoms with Gasteiger partial charge in [-0.1, -0.05) is 25.1 Å². The summed E-state index contributed by atoms with van der Waals surface area (Å²) in [5.74, 6) is 1.05. The highest BCUT2D eigenvalue weighted by atomic mass is 32.1. The second kappa shape index (κ2) is 9.63. The number of thiophene rings is 1. The second-order valence-electron chi connectivity index (χ2n) is 9.22. The Balaban J connectivity index is 1.16. The summed E-state index contributed by atoms with van der Waals surface area (Å²) in [7, 11) is 0. The van der Waals surface area contributed by atoms with Gasteiger partial charge in [0.05, 0.1) is 6.04 Å². The highest BCUT2D eigenvalue weighted by Gasteiger charge is 2.29. The van der Waals surface area contributed by atoms with E-state index in [1.54, 1.807) is 11.3 Å². The molecule has 32 heavy (non-hydrogen) atoms. The normalized spacial score (nSPS) is 20.0. The summed E-state index contributed by atoms with van der Waals surface area (Å²) in [5.41, 5.74) is 1.70. The fourth-order valence-corrected chi connectivity index (χ4v) is 5.76. The molecule has 2 fully saturated rings. The maximum Gasteiger partial charge on any atom is 0.298 e. The van der Waals surface area contributed by atoms with Crippen LogP contribution in [-0.2, 0) is 4.79 Å². The first-order chi connectivity index (χ1) is 15.7. The van der Waals surface area contributed by atoms with Crippen LogP contribution < -0.4 is 10.2 Å². The first kappa shape index (κ1) is 21.5. The molecule has 1 amide bonds. The van der Waals surface area contributed by atoms with Crippen LogP contribution in [0.25, 0.3) is 11.1 Å². The van der Waals surface area contributed by atoms with E-state index in [0.717, 1.165) is 56.0 Å². The number of hydrogen-bond donors (Lipinski definition) is 1. The predicted octanol–water partition coefficient (Wildman–Crippen LogP) is 4.70. The van der Waals surface area contributed by atoms with Crippen LogP contribution in [0.3, 0.4) is 0 Å². The van der Waals surface area contributed by atoms with E-state index in [0.29, 0.717) is 12.6 Å². The molecule has 6 nitrogen and oxygen atoms in total. The predicted molar refractivity (Wildman–Crippen MR) is 129 cm³/mol. The van der Waals surface area contributed by atoms with E-state index in [4.69, 9.17) is 4.42 Å². The Morgan fingerprint density at radius 2 is 1.91 bits per heavy atom. The lowest BCUT2D eigenvalue weighted by atomic mass is 9.95. The largest absolute Gasteiger partial charge is 0.423 e. The fourth-order valence-electron chi connectivity index (χ4n) is 4.90. The Bertz CT molecular complexity index is 985. The summed E-state index contributed by atoms with van der Waals surface area (Å²) in [6, 6.07) is 13.1. The van der Waals surface area contributed by atoms with Crippen LogP contribution in [0.15, 0.2) is 46.2 Å². The van der Waals surface area contributed by atoms with Gasteiger partial charge in [0.15, 0.2) is 5.58 Å². The molecule has 1 aromatic carbocycles. The van der Waals surface area contributed by atoms with Crippen LogP contribution >= 0.6 is 11.3 Å². The van der Waals surface area contributed by atoms with Crippen LogP contribution in [0.2, 0.25) is 0 Å². The average molecular weight is 453 g/mol. The number of para-hydroxylation sites is 2. The third-order valence-corrected chi connectivity index (χ3v) is 7.99. The zero-order chi connectivity index (χ0) is 21.9. The van der Waals surface area contributed by atoms with Gasteiger partial charge in [-0.15, -0.1) is 11.3 Å². The lowest BCUT2D eigenvalue weighted by Crippen LogP contribution is -2.45. The molecule has 0 spiro atoms. The molecular formula is C25H32N4O2S. The number of anilines is 1. The lowest BCUT2D eigenvalue weighted by molar-refractivity contribution is -0.125. The van der Waals surface area contributed by atoms with E-state index in [1.165, 1.54) is 17.7 Å². The topological polar surface area (TPSA) is 61.6 Å². The Labute approximate surface area is 193 Å². The summed E-state index contributed by atoms with van der Waals surface area (Å²) in [5, 5.41) is 5.43. The van der Waals surface area contributed by atoms with Gasteiger partial charge in [-0.25, -0.2) is 0 Å². The Hall–Kier alpha value is -2.38. The third-order valence-electron chi connectivity index (χ3n) is 7.02. The number of hydrogen-bond acceptors (Lipinski definition) is 6. The van der Waals surface area contributed by atoms with Crippen molar-refractivity contribution in [2.75, 3.05) is 37.6 Å². The van der Waals surface area contributed by atoms with Crippen molar-refractivity contribution in [1.29, 1.82) is 0 Å². The molecule has 1 unspecified atom stereocenters.